The van der Waals surface area contributed by atoms with Gasteiger partial charge in [0.05, 0.1) is 0 Å². The summed E-state index contributed by atoms with van der Waals surface area (Å²) < 4.78 is 1.72. The molecule has 3 N–H and O–H groups in total. The van der Waals surface area contributed by atoms with Gasteiger partial charge in [0.2, 0.25) is 0 Å². The van der Waals surface area contributed by atoms with Crippen molar-refractivity contribution in [3.05, 3.63) is 46.6 Å². The highest BCUT2D eigenvalue weighted by molar-refractivity contribution is 7.15. The maximum atomic E-state index is 12.6. The number of fused-ring (bicyclic) bond motifs is 1. The summed E-state index contributed by atoms with van der Waals surface area (Å²) >= 11 is 7.34. The Balaban J connectivity index is 1.89. The van der Waals surface area contributed by atoms with Gasteiger partial charge in [-0.25, -0.2) is 9.78 Å². The van der Waals surface area contributed by atoms with Gasteiger partial charge in [0.25, 0.3) is 5.91 Å². The summed E-state index contributed by atoms with van der Waals surface area (Å²) in [5.41, 5.74) is 1.75. The Morgan fingerprint density at radius 1 is 1.21 bits per heavy atom. The van der Waals surface area contributed by atoms with Crippen LogP contribution in [0.15, 0.2) is 35.8 Å². The average Bonchev–Trinajstić information content (AvgIpc) is 3.12. The average molecular weight is 365 g/mol. The Hall–Kier alpha value is -2.58. The monoisotopic (exact) mass is 364 g/mol. The molecule has 0 saturated carbocycles. The van der Waals surface area contributed by atoms with Crippen LogP contribution in [0.2, 0.25) is 5.02 Å². The lowest BCUT2D eigenvalue weighted by Gasteiger charge is -2.07. The van der Waals surface area contributed by atoms with Crippen LogP contribution in [-0.4, -0.2) is 39.6 Å². The molecule has 1 aromatic carbocycles. The number of carbonyl (C=O) groups excluding carboxylic acids is 1. The van der Waals surface area contributed by atoms with Crippen molar-refractivity contribution >= 4 is 39.9 Å². The normalized spacial score (nSPS) is 10.7. The Labute approximate surface area is 145 Å². The van der Waals surface area contributed by atoms with Crippen molar-refractivity contribution in [2.75, 3.05) is 13.1 Å². The standard InChI is InChI=1S/C15H13ClN4O3S/c16-10-3-1-9(2-4-10)11-12(20-7-8-24-14(20)19-11)13(21)17-5-6-18-15(22)23/h1-4,7-8,18H,5-6H2,(H,17,21)(H,22,23). The third-order valence-corrected chi connectivity index (χ3v) is 4.29. The molecule has 2 amide bonds. The molecule has 9 heteroatoms. The zero-order valence-corrected chi connectivity index (χ0v) is 13.9. The smallest absolute Gasteiger partial charge is 0.404 e. The van der Waals surface area contributed by atoms with Gasteiger partial charge in [-0.2, -0.15) is 0 Å². The van der Waals surface area contributed by atoms with Crippen LogP contribution in [0.1, 0.15) is 10.5 Å². The lowest BCUT2D eigenvalue weighted by Crippen LogP contribution is -2.34. The largest absolute Gasteiger partial charge is 0.465 e. The number of amides is 2. The van der Waals surface area contributed by atoms with Crippen molar-refractivity contribution in [1.82, 2.24) is 20.0 Å². The van der Waals surface area contributed by atoms with Crippen molar-refractivity contribution in [3.8, 4) is 11.3 Å². The number of thiazole rings is 1. The van der Waals surface area contributed by atoms with Crippen LogP contribution < -0.4 is 10.6 Å². The number of rotatable bonds is 5. The molecule has 0 aliphatic carbocycles. The summed E-state index contributed by atoms with van der Waals surface area (Å²) in [5.74, 6) is -0.321. The van der Waals surface area contributed by atoms with E-state index in [0.29, 0.717) is 21.4 Å². The van der Waals surface area contributed by atoms with E-state index in [9.17, 15) is 9.59 Å². The van der Waals surface area contributed by atoms with Crippen LogP contribution in [0.25, 0.3) is 16.2 Å². The third kappa shape index (κ3) is 3.34. The number of benzene rings is 1. The maximum Gasteiger partial charge on any atom is 0.404 e. The lowest BCUT2D eigenvalue weighted by atomic mass is 10.1. The van der Waals surface area contributed by atoms with E-state index in [1.165, 1.54) is 11.3 Å². The first-order valence-corrected chi connectivity index (χ1v) is 8.28. The molecule has 0 bridgehead atoms. The fourth-order valence-electron chi connectivity index (χ4n) is 2.24. The van der Waals surface area contributed by atoms with Gasteiger partial charge < -0.3 is 15.7 Å². The molecule has 7 nitrogen and oxygen atoms in total. The molecular formula is C15H13ClN4O3S. The molecule has 2 aromatic heterocycles. The van der Waals surface area contributed by atoms with Crippen molar-refractivity contribution in [2.45, 2.75) is 0 Å². The molecule has 0 aliphatic heterocycles. The topological polar surface area (TPSA) is 95.7 Å². The molecule has 24 heavy (non-hydrogen) atoms. The van der Waals surface area contributed by atoms with Crippen LogP contribution >= 0.6 is 22.9 Å². The van der Waals surface area contributed by atoms with Gasteiger partial charge in [0.1, 0.15) is 11.4 Å². The molecule has 3 aromatic rings. The van der Waals surface area contributed by atoms with Crippen molar-refractivity contribution in [3.63, 3.8) is 0 Å². The third-order valence-electron chi connectivity index (χ3n) is 3.28. The summed E-state index contributed by atoms with van der Waals surface area (Å²) in [4.78, 5) is 28.2. The molecule has 0 atom stereocenters. The molecule has 0 saturated heterocycles. The van der Waals surface area contributed by atoms with Crippen LogP contribution in [0.3, 0.4) is 0 Å². The molecule has 0 aliphatic rings. The lowest BCUT2D eigenvalue weighted by molar-refractivity contribution is 0.0948. The Kier molecular flexibility index (Phi) is 4.68. The second-order valence-corrected chi connectivity index (χ2v) is 6.17. The highest BCUT2D eigenvalue weighted by Gasteiger charge is 2.21. The summed E-state index contributed by atoms with van der Waals surface area (Å²) in [6.07, 6.45) is 0.646. The van der Waals surface area contributed by atoms with E-state index < -0.39 is 6.09 Å². The minimum absolute atomic E-state index is 0.128. The maximum absolute atomic E-state index is 12.6. The van der Waals surface area contributed by atoms with Crippen molar-refractivity contribution in [2.24, 2.45) is 0 Å². The van der Waals surface area contributed by atoms with Crippen molar-refractivity contribution < 1.29 is 14.7 Å². The highest BCUT2D eigenvalue weighted by atomic mass is 35.5. The van der Waals surface area contributed by atoms with E-state index in [2.05, 4.69) is 15.6 Å². The molecule has 2 heterocycles. The number of halogens is 1. The van der Waals surface area contributed by atoms with E-state index in [4.69, 9.17) is 16.7 Å². The van der Waals surface area contributed by atoms with Gasteiger partial charge in [-0.15, -0.1) is 11.3 Å². The number of nitrogens with zero attached hydrogens (tertiary/aromatic N) is 2. The van der Waals surface area contributed by atoms with Crippen LogP contribution in [0, 0.1) is 0 Å². The number of imidazole rings is 1. The molecule has 0 spiro atoms. The van der Waals surface area contributed by atoms with E-state index >= 15 is 0 Å². The zero-order chi connectivity index (χ0) is 17.1. The number of aromatic nitrogens is 2. The molecule has 0 fully saturated rings. The first-order chi connectivity index (χ1) is 11.6. The molecule has 3 rings (SSSR count). The number of carboxylic acid groups (broad SMARTS) is 1. The first-order valence-electron chi connectivity index (χ1n) is 7.03. The van der Waals surface area contributed by atoms with Crippen LogP contribution in [0.5, 0.6) is 0 Å². The van der Waals surface area contributed by atoms with Gasteiger partial charge >= 0.3 is 6.09 Å². The Bertz CT molecular complexity index is 888. The number of hydrogen-bond acceptors (Lipinski definition) is 4. The van der Waals surface area contributed by atoms with Crippen LogP contribution in [0.4, 0.5) is 4.79 Å². The first kappa shape index (κ1) is 16.3. The Morgan fingerprint density at radius 3 is 2.62 bits per heavy atom. The SMILES string of the molecule is O=C(O)NCCNC(=O)c1c(-c2ccc(Cl)cc2)nc2sccn12. The predicted octanol–water partition coefficient (Wildman–Crippen LogP) is 2.71. The molecular weight excluding hydrogens is 352 g/mol. The highest BCUT2D eigenvalue weighted by Crippen LogP contribution is 2.27. The summed E-state index contributed by atoms with van der Waals surface area (Å²) in [6, 6.07) is 7.08. The molecule has 0 radical (unpaired) electrons. The van der Waals surface area contributed by atoms with Gasteiger partial charge in [-0.05, 0) is 12.1 Å². The molecule has 124 valence electrons. The zero-order valence-electron chi connectivity index (χ0n) is 12.3. The number of hydrogen-bond donors (Lipinski definition) is 3. The summed E-state index contributed by atoms with van der Waals surface area (Å²) in [6.45, 7) is 0.311. The Morgan fingerprint density at radius 2 is 1.92 bits per heavy atom. The quantitative estimate of drug-likeness (QED) is 0.606. The van der Waals surface area contributed by atoms with Gasteiger partial charge in [-0.3, -0.25) is 9.20 Å². The second kappa shape index (κ2) is 6.90. The minimum Gasteiger partial charge on any atom is -0.465 e. The second-order valence-electron chi connectivity index (χ2n) is 4.86. The van der Waals surface area contributed by atoms with E-state index in [-0.39, 0.29) is 19.0 Å². The molecule has 0 unspecified atom stereocenters. The summed E-state index contributed by atoms with van der Waals surface area (Å²) in [5, 5.41) is 15.9. The van der Waals surface area contributed by atoms with Gasteiger partial charge in [0, 0.05) is 35.3 Å². The van der Waals surface area contributed by atoms with Gasteiger partial charge in [-0.1, -0.05) is 23.7 Å². The van der Waals surface area contributed by atoms with E-state index in [1.54, 1.807) is 34.9 Å². The fraction of sp³-hybridized carbons (Fsp3) is 0.133. The number of nitrogens with one attached hydrogen (secondary N) is 2. The van der Waals surface area contributed by atoms with E-state index in [0.717, 1.165) is 5.56 Å². The predicted molar refractivity (Wildman–Crippen MR) is 91.9 cm³/mol. The van der Waals surface area contributed by atoms with Crippen molar-refractivity contribution in [1.29, 1.82) is 0 Å². The number of carbonyl (C=O) groups is 2. The van der Waals surface area contributed by atoms with Gasteiger partial charge in [0.15, 0.2) is 4.96 Å². The van der Waals surface area contributed by atoms with Crippen LogP contribution in [-0.2, 0) is 0 Å². The summed E-state index contributed by atoms with van der Waals surface area (Å²) in [7, 11) is 0. The minimum atomic E-state index is -1.13. The van der Waals surface area contributed by atoms with E-state index in [1.807, 2.05) is 5.38 Å². The fourth-order valence-corrected chi connectivity index (χ4v) is 3.08.